The largest absolute Gasteiger partial charge is 0.336 e. The SMILES string of the molecule is CC(=O)Nc1ccc(NC(=O)NCC(c2ccccc2Cl)N(C)C)cc1. The van der Waals surface area contributed by atoms with Crippen molar-refractivity contribution in [2.24, 2.45) is 0 Å². The average molecular weight is 375 g/mol. The molecule has 0 spiro atoms. The van der Waals surface area contributed by atoms with Gasteiger partial charge in [-0.15, -0.1) is 0 Å². The maximum atomic E-state index is 12.2. The third-order valence-corrected chi connectivity index (χ3v) is 4.15. The van der Waals surface area contributed by atoms with Crippen LogP contribution in [0.2, 0.25) is 5.02 Å². The smallest absolute Gasteiger partial charge is 0.319 e. The second-order valence-corrected chi connectivity index (χ2v) is 6.50. The molecule has 2 rings (SSSR count). The minimum Gasteiger partial charge on any atom is -0.336 e. The van der Waals surface area contributed by atoms with Gasteiger partial charge < -0.3 is 20.9 Å². The number of benzene rings is 2. The van der Waals surface area contributed by atoms with Crippen LogP contribution in [0.3, 0.4) is 0 Å². The van der Waals surface area contributed by atoms with Crippen LogP contribution in [-0.2, 0) is 4.79 Å². The van der Waals surface area contributed by atoms with Gasteiger partial charge in [0, 0.05) is 29.9 Å². The molecular weight excluding hydrogens is 352 g/mol. The first-order chi connectivity index (χ1) is 12.4. The summed E-state index contributed by atoms with van der Waals surface area (Å²) >= 11 is 6.27. The molecule has 7 heteroatoms. The highest BCUT2D eigenvalue weighted by molar-refractivity contribution is 6.31. The summed E-state index contributed by atoms with van der Waals surface area (Å²) in [5.74, 6) is -0.141. The molecule has 138 valence electrons. The summed E-state index contributed by atoms with van der Waals surface area (Å²) in [5.41, 5.74) is 2.27. The zero-order valence-electron chi connectivity index (χ0n) is 15.0. The van der Waals surface area contributed by atoms with E-state index in [0.29, 0.717) is 22.9 Å². The predicted molar refractivity (Wildman–Crippen MR) is 106 cm³/mol. The number of amides is 3. The summed E-state index contributed by atoms with van der Waals surface area (Å²) in [6.07, 6.45) is 0. The van der Waals surface area contributed by atoms with Crippen molar-refractivity contribution in [1.29, 1.82) is 0 Å². The fraction of sp³-hybridized carbons (Fsp3) is 0.263. The molecule has 0 aromatic heterocycles. The number of hydrogen-bond acceptors (Lipinski definition) is 3. The molecule has 0 aliphatic carbocycles. The van der Waals surface area contributed by atoms with Crippen LogP contribution in [0.4, 0.5) is 16.2 Å². The summed E-state index contributed by atoms with van der Waals surface area (Å²) in [6, 6.07) is 14.1. The Labute approximate surface area is 158 Å². The number of anilines is 2. The molecule has 0 saturated heterocycles. The lowest BCUT2D eigenvalue weighted by molar-refractivity contribution is -0.114. The van der Waals surface area contributed by atoms with E-state index in [9.17, 15) is 9.59 Å². The van der Waals surface area contributed by atoms with Gasteiger partial charge in [-0.25, -0.2) is 4.79 Å². The zero-order chi connectivity index (χ0) is 19.1. The molecule has 0 bridgehead atoms. The molecule has 26 heavy (non-hydrogen) atoms. The Morgan fingerprint density at radius 2 is 1.58 bits per heavy atom. The molecule has 2 aromatic rings. The Morgan fingerprint density at radius 3 is 2.12 bits per heavy atom. The highest BCUT2D eigenvalue weighted by Crippen LogP contribution is 2.25. The summed E-state index contributed by atoms with van der Waals surface area (Å²) in [5, 5.41) is 8.98. The average Bonchev–Trinajstić information content (AvgIpc) is 2.57. The van der Waals surface area contributed by atoms with E-state index < -0.39 is 0 Å². The molecule has 1 unspecified atom stereocenters. The zero-order valence-corrected chi connectivity index (χ0v) is 15.8. The van der Waals surface area contributed by atoms with E-state index in [4.69, 9.17) is 11.6 Å². The van der Waals surface area contributed by atoms with E-state index in [1.54, 1.807) is 24.3 Å². The van der Waals surface area contributed by atoms with Crippen molar-refractivity contribution >= 4 is 34.9 Å². The summed E-state index contributed by atoms with van der Waals surface area (Å²) in [7, 11) is 3.88. The number of nitrogens with zero attached hydrogens (tertiary/aromatic N) is 1. The Kier molecular flexibility index (Phi) is 7.00. The number of urea groups is 1. The van der Waals surface area contributed by atoms with Crippen molar-refractivity contribution in [3.8, 4) is 0 Å². The number of hydrogen-bond donors (Lipinski definition) is 3. The van der Waals surface area contributed by atoms with Crippen molar-refractivity contribution in [3.05, 3.63) is 59.1 Å². The van der Waals surface area contributed by atoms with Gasteiger partial charge in [-0.2, -0.15) is 0 Å². The Hall–Kier alpha value is -2.57. The van der Waals surface area contributed by atoms with Crippen LogP contribution in [0.15, 0.2) is 48.5 Å². The topological polar surface area (TPSA) is 73.5 Å². The maximum absolute atomic E-state index is 12.2. The number of nitrogens with one attached hydrogen (secondary N) is 3. The quantitative estimate of drug-likeness (QED) is 0.721. The minimum absolute atomic E-state index is 0.0448. The summed E-state index contributed by atoms with van der Waals surface area (Å²) < 4.78 is 0. The molecule has 0 aliphatic rings. The van der Waals surface area contributed by atoms with Crippen molar-refractivity contribution in [2.75, 3.05) is 31.3 Å². The Bertz CT molecular complexity index is 762. The molecule has 2 aromatic carbocycles. The number of carbonyl (C=O) groups is 2. The van der Waals surface area contributed by atoms with E-state index in [-0.39, 0.29) is 18.0 Å². The van der Waals surface area contributed by atoms with Gasteiger partial charge in [-0.05, 0) is 50.0 Å². The summed E-state index contributed by atoms with van der Waals surface area (Å²) in [6.45, 7) is 1.85. The molecule has 0 saturated carbocycles. The number of rotatable bonds is 6. The van der Waals surface area contributed by atoms with Crippen molar-refractivity contribution in [2.45, 2.75) is 13.0 Å². The van der Waals surface area contributed by atoms with Crippen LogP contribution in [0.25, 0.3) is 0 Å². The molecule has 1 atom stereocenters. The first-order valence-electron chi connectivity index (χ1n) is 8.20. The van der Waals surface area contributed by atoms with Crippen LogP contribution < -0.4 is 16.0 Å². The standard InChI is InChI=1S/C19H23ClN4O2/c1-13(25)22-14-8-10-15(11-9-14)23-19(26)21-12-18(24(2)3)16-6-4-5-7-17(16)20/h4-11,18H,12H2,1-3H3,(H,22,25)(H2,21,23,26). The normalized spacial score (nSPS) is 11.7. The minimum atomic E-state index is -0.309. The van der Waals surface area contributed by atoms with Gasteiger partial charge in [0.15, 0.2) is 0 Å². The van der Waals surface area contributed by atoms with Crippen LogP contribution in [0, 0.1) is 0 Å². The highest BCUT2D eigenvalue weighted by atomic mass is 35.5. The highest BCUT2D eigenvalue weighted by Gasteiger charge is 2.17. The maximum Gasteiger partial charge on any atom is 0.319 e. The van der Waals surface area contributed by atoms with Crippen LogP contribution >= 0.6 is 11.6 Å². The molecule has 0 heterocycles. The second-order valence-electron chi connectivity index (χ2n) is 6.09. The fourth-order valence-corrected chi connectivity index (χ4v) is 2.78. The Morgan fingerprint density at radius 1 is 1.00 bits per heavy atom. The fourth-order valence-electron chi connectivity index (χ4n) is 2.52. The molecule has 0 radical (unpaired) electrons. The molecule has 3 N–H and O–H groups in total. The van der Waals surface area contributed by atoms with E-state index in [1.165, 1.54) is 6.92 Å². The third-order valence-electron chi connectivity index (χ3n) is 3.81. The van der Waals surface area contributed by atoms with E-state index >= 15 is 0 Å². The van der Waals surface area contributed by atoms with Crippen LogP contribution in [-0.4, -0.2) is 37.5 Å². The van der Waals surface area contributed by atoms with Crippen molar-refractivity contribution in [3.63, 3.8) is 0 Å². The van der Waals surface area contributed by atoms with Gasteiger partial charge in [0.25, 0.3) is 0 Å². The second kappa shape index (κ2) is 9.22. The van der Waals surface area contributed by atoms with Gasteiger partial charge in [-0.3, -0.25) is 4.79 Å². The molecular formula is C19H23ClN4O2. The van der Waals surface area contributed by atoms with E-state index in [2.05, 4.69) is 16.0 Å². The number of halogens is 1. The van der Waals surface area contributed by atoms with Gasteiger partial charge in [-0.1, -0.05) is 29.8 Å². The summed E-state index contributed by atoms with van der Waals surface area (Å²) in [4.78, 5) is 25.2. The van der Waals surface area contributed by atoms with Gasteiger partial charge in [0.1, 0.15) is 0 Å². The third kappa shape index (κ3) is 5.75. The monoisotopic (exact) mass is 374 g/mol. The first-order valence-corrected chi connectivity index (χ1v) is 8.58. The van der Waals surface area contributed by atoms with E-state index in [1.807, 2.05) is 43.3 Å². The number of carbonyl (C=O) groups excluding carboxylic acids is 2. The lowest BCUT2D eigenvalue weighted by Gasteiger charge is -2.26. The van der Waals surface area contributed by atoms with Gasteiger partial charge in [0.2, 0.25) is 5.91 Å². The van der Waals surface area contributed by atoms with Gasteiger partial charge in [0.05, 0.1) is 6.04 Å². The van der Waals surface area contributed by atoms with Gasteiger partial charge >= 0.3 is 6.03 Å². The van der Waals surface area contributed by atoms with Crippen LogP contribution in [0.1, 0.15) is 18.5 Å². The van der Waals surface area contributed by atoms with Crippen molar-refractivity contribution in [1.82, 2.24) is 10.2 Å². The molecule has 6 nitrogen and oxygen atoms in total. The first kappa shape index (κ1) is 19.8. The molecule has 0 aliphatic heterocycles. The molecule has 3 amide bonds. The van der Waals surface area contributed by atoms with Crippen molar-refractivity contribution < 1.29 is 9.59 Å². The Balaban J connectivity index is 1.94. The lowest BCUT2D eigenvalue weighted by atomic mass is 10.1. The molecule has 0 fully saturated rings. The van der Waals surface area contributed by atoms with Crippen LogP contribution in [0.5, 0.6) is 0 Å². The van der Waals surface area contributed by atoms with E-state index in [0.717, 1.165) is 5.56 Å². The number of likely N-dealkylation sites (N-methyl/N-ethyl adjacent to an activating group) is 1. The predicted octanol–water partition coefficient (Wildman–Crippen LogP) is 3.72. The lowest BCUT2D eigenvalue weighted by Crippen LogP contribution is -2.37.